The number of aromatic nitrogens is 2. The van der Waals surface area contributed by atoms with Crippen LogP contribution in [0.4, 0.5) is 11.6 Å². The molecule has 0 unspecified atom stereocenters. The van der Waals surface area contributed by atoms with Crippen molar-refractivity contribution in [1.82, 2.24) is 9.97 Å². The number of H-pyrrole nitrogens is 1. The maximum Gasteiger partial charge on any atom is 0.208 e. The number of hydrogen-bond acceptors (Lipinski definition) is 2. The van der Waals surface area contributed by atoms with E-state index in [9.17, 15) is 0 Å². The highest BCUT2D eigenvalue weighted by Crippen LogP contribution is 2.14. The normalized spacial score (nSPS) is 11.4. The van der Waals surface area contributed by atoms with Crippen molar-refractivity contribution < 1.29 is 0 Å². The van der Waals surface area contributed by atoms with Gasteiger partial charge in [0.05, 0.1) is 11.0 Å². The molecule has 5 N–H and O–H groups in total. The quantitative estimate of drug-likeness (QED) is 0.330. The van der Waals surface area contributed by atoms with E-state index in [4.69, 9.17) is 18.0 Å². The molecule has 0 radical (unpaired) electrons. The molecule has 2 aromatic carbocycles. The zero-order valence-electron chi connectivity index (χ0n) is 12.5. The fourth-order valence-electron chi connectivity index (χ4n) is 2.13. The topological polar surface area (TPSA) is 91.1 Å². The van der Waals surface area contributed by atoms with Crippen molar-refractivity contribution in [2.45, 2.75) is 6.92 Å². The molecule has 0 fully saturated rings. The zero-order valence-corrected chi connectivity index (χ0v) is 13.3. The van der Waals surface area contributed by atoms with Crippen molar-refractivity contribution in [2.75, 3.05) is 10.6 Å². The molecule has 0 amide bonds. The van der Waals surface area contributed by atoms with Gasteiger partial charge in [-0.1, -0.05) is 30.3 Å². The number of anilines is 2. The van der Waals surface area contributed by atoms with Crippen LogP contribution in [-0.2, 0) is 0 Å². The molecule has 1 aromatic heterocycles. The number of hydrogen-bond donors (Lipinski definition) is 4. The Kier molecular flexibility index (Phi) is 4.20. The van der Waals surface area contributed by atoms with Gasteiger partial charge in [0.15, 0.2) is 0 Å². The third kappa shape index (κ3) is 3.64. The SMILES string of the molecule is Cc1ccccc1NC(=S)/N=C(/N)Nc1nc2ccccc2[nH]1. The highest BCUT2D eigenvalue weighted by Gasteiger charge is 2.04. The van der Waals surface area contributed by atoms with E-state index in [1.807, 2.05) is 55.5 Å². The molecular weight excluding hydrogens is 308 g/mol. The van der Waals surface area contributed by atoms with Crippen LogP contribution in [0.3, 0.4) is 0 Å². The number of aliphatic imine (C=N–C) groups is 1. The molecule has 7 heteroatoms. The van der Waals surface area contributed by atoms with E-state index < -0.39 is 0 Å². The summed E-state index contributed by atoms with van der Waals surface area (Å²) in [5.41, 5.74) is 9.62. The number of aryl methyl sites for hydroxylation is 1. The van der Waals surface area contributed by atoms with Gasteiger partial charge < -0.3 is 16.0 Å². The first-order chi connectivity index (χ1) is 11.1. The monoisotopic (exact) mass is 324 g/mol. The Morgan fingerprint density at radius 2 is 1.87 bits per heavy atom. The van der Waals surface area contributed by atoms with Crippen LogP contribution in [0.25, 0.3) is 11.0 Å². The average molecular weight is 324 g/mol. The van der Waals surface area contributed by atoms with Crippen molar-refractivity contribution in [3.8, 4) is 0 Å². The minimum absolute atomic E-state index is 0.162. The van der Waals surface area contributed by atoms with Crippen LogP contribution >= 0.6 is 12.2 Å². The molecule has 1 heterocycles. The Balaban J connectivity index is 1.69. The Hall–Kier alpha value is -2.93. The standard InChI is InChI=1S/C16H16N6S/c1-10-6-2-3-7-11(10)20-16(23)22-14(17)21-15-18-12-8-4-5-9-13(12)19-15/h2-9H,1H3,(H5,17,18,19,20,21,22,23). The predicted octanol–water partition coefficient (Wildman–Crippen LogP) is 2.99. The smallest absolute Gasteiger partial charge is 0.208 e. The molecule has 3 aromatic rings. The number of para-hydroxylation sites is 3. The van der Waals surface area contributed by atoms with Crippen molar-refractivity contribution in [2.24, 2.45) is 10.7 Å². The number of nitrogens with two attached hydrogens (primary N) is 1. The van der Waals surface area contributed by atoms with Gasteiger partial charge in [0.1, 0.15) is 0 Å². The molecule has 0 saturated carbocycles. The highest BCUT2D eigenvalue weighted by molar-refractivity contribution is 7.80. The van der Waals surface area contributed by atoms with Gasteiger partial charge in [-0.05, 0) is 42.9 Å². The molecule has 23 heavy (non-hydrogen) atoms. The third-order valence-electron chi connectivity index (χ3n) is 3.24. The Morgan fingerprint density at radius 3 is 2.65 bits per heavy atom. The first kappa shape index (κ1) is 15.0. The minimum Gasteiger partial charge on any atom is -0.369 e. The summed E-state index contributed by atoms with van der Waals surface area (Å²) in [6, 6.07) is 15.5. The van der Waals surface area contributed by atoms with Gasteiger partial charge in [-0.25, -0.2) is 4.98 Å². The highest BCUT2D eigenvalue weighted by atomic mass is 32.1. The fraction of sp³-hybridized carbons (Fsp3) is 0.0625. The van der Waals surface area contributed by atoms with Crippen LogP contribution in [0, 0.1) is 6.92 Å². The second kappa shape index (κ2) is 6.45. The maximum atomic E-state index is 5.87. The van der Waals surface area contributed by atoms with Gasteiger partial charge in [-0.3, -0.25) is 5.32 Å². The number of fused-ring (bicyclic) bond motifs is 1. The average Bonchev–Trinajstić information content (AvgIpc) is 2.91. The minimum atomic E-state index is 0.162. The lowest BCUT2D eigenvalue weighted by atomic mass is 10.2. The third-order valence-corrected chi connectivity index (χ3v) is 3.44. The van der Waals surface area contributed by atoms with Crippen LogP contribution < -0.4 is 16.4 Å². The lowest BCUT2D eigenvalue weighted by molar-refractivity contribution is 1.31. The molecule has 0 spiro atoms. The van der Waals surface area contributed by atoms with Gasteiger partial charge in [-0.2, -0.15) is 4.99 Å². The van der Waals surface area contributed by atoms with Gasteiger partial charge in [0, 0.05) is 5.69 Å². The molecule has 0 aliphatic carbocycles. The summed E-state index contributed by atoms with van der Waals surface area (Å²) in [6.07, 6.45) is 0. The van der Waals surface area contributed by atoms with E-state index in [0.717, 1.165) is 22.3 Å². The van der Waals surface area contributed by atoms with Gasteiger partial charge in [0.25, 0.3) is 0 Å². The number of benzene rings is 2. The van der Waals surface area contributed by atoms with Gasteiger partial charge in [-0.15, -0.1) is 0 Å². The van der Waals surface area contributed by atoms with Crippen LogP contribution in [0.2, 0.25) is 0 Å². The van der Waals surface area contributed by atoms with Crippen molar-refractivity contribution in [1.29, 1.82) is 0 Å². The predicted molar refractivity (Wildman–Crippen MR) is 98.7 cm³/mol. The first-order valence-electron chi connectivity index (χ1n) is 7.04. The summed E-state index contributed by atoms with van der Waals surface area (Å²) in [5, 5.41) is 6.22. The maximum absolute atomic E-state index is 5.87. The first-order valence-corrected chi connectivity index (χ1v) is 7.45. The van der Waals surface area contributed by atoms with Gasteiger partial charge in [0.2, 0.25) is 17.0 Å². The van der Waals surface area contributed by atoms with Crippen LogP contribution in [0.5, 0.6) is 0 Å². The number of guanidine groups is 1. The molecule has 116 valence electrons. The number of nitrogens with one attached hydrogen (secondary N) is 3. The summed E-state index contributed by atoms with van der Waals surface area (Å²) in [4.78, 5) is 11.6. The number of aromatic amines is 1. The van der Waals surface area contributed by atoms with Crippen molar-refractivity contribution in [3.05, 3.63) is 54.1 Å². The number of thiocarbonyl (C=S) groups is 1. The Labute approximate surface area is 138 Å². The van der Waals surface area contributed by atoms with Crippen LogP contribution in [0.1, 0.15) is 5.56 Å². The number of imidazole rings is 1. The molecule has 0 saturated heterocycles. The second-order valence-electron chi connectivity index (χ2n) is 4.97. The van der Waals surface area contributed by atoms with E-state index in [0.29, 0.717) is 5.95 Å². The van der Waals surface area contributed by atoms with Crippen LogP contribution in [0.15, 0.2) is 53.5 Å². The largest absolute Gasteiger partial charge is 0.369 e. The van der Waals surface area contributed by atoms with Crippen LogP contribution in [-0.4, -0.2) is 21.0 Å². The Bertz CT molecular complexity index is 850. The summed E-state index contributed by atoms with van der Waals surface area (Å²) >= 11 is 5.20. The number of nitrogens with zero attached hydrogens (tertiary/aromatic N) is 2. The van der Waals surface area contributed by atoms with E-state index in [-0.39, 0.29) is 11.1 Å². The van der Waals surface area contributed by atoms with E-state index >= 15 is 0 Å². The Morgan fingerprint density at radius 1 is 1.13 bits per heavy atom. The molecule has 6 nitrogen and oxygen atoms in total. The molecule has 0 aliphatic rings. The molecule has 0 atom stereocenters. The summed E-state index contributed by atoms with van der Waals surface area (Å²) < 4.78 is 0. The van der Waals surface area contributed by atoms with Crippen molar-refractivity contribution >= 4 is 46.0 Å². The second-order valence-corrected chi connectivity index (χ2v) is 5.36. The fourth-order valence-corrected chi connectivity index (χ4v) is 2.34. The molecule has 3 rings (SSSR count). The lowest BCUT2D eigenvalue weighted by Gasteiger charge is -2.08. The molecule has 0 aliphatic heterocycles. The number of rotatable bonds is 2. The van der Waals surface area contributed by atoms with E-state index in [1.54, 1.807) is 0 Å². The molecule has 0 bridgehead atoms. The lowest BCUT2D eigenvalue weighted by Crippen LogP contribution is -2.25. The zero-order chi connectivity index (χ0) is 16.2. The summed E-state index contributed by atoms with van der Waals surface area (Å²) in [7, 11) is 0. The summed E-state index contributed by atoms with van der Waals surface area (Å²) in [6.45, 7) is 1.99. The van der Waals surface area contributed by atoms with E-state index in [2.05, 4.69) is 25.6 Å². The molecular formula is C16H16N6S. The van der Waals surface area contributed by atoms with Gasteiger partial charge >= 0.3 is 0 Å². The van der Waals surface area contributed by atoms with E-state index in [1.165, 1.54) is 0 Å². The van der Waals surface area contributed by atoms with Crippen molar-refractivity contribution in [3.63, 3.8) is 0 Å². The summed E-state index contributed by atoms with van der Waals surface area (Å²) in [5.74, 6) is 0.682.